The summed E-state index contributed by atoms with van der Waals surface area (Å²) in [5.41, 5.74) is 9.15. The van der Waals surface area contributed by atoms with Gasteiger partial charge in [-0.25, -0.2) is 0 Å². The second-order valence-electron chi connectivity index (χ2n) is 5.99. The van der Waals surface area contributed by atoms with Crippen LogP contribution in [-0.4, -0.2) is 18.6 Å². The first-order chi connectivity index (χ1) is 11.1. The maximum atomic E-state index is 12.5. The second-order valence-corrected chi connectivity index (χ2v) is 5.99. The number of hydrogen-bond acceptors (Lipinski definition) is 3. The predicted molar refractivity (Wildman–Crippen MR) is 97.0 cm³/mol. The molecule has 2 aromatic rings. The zero-order valence-electron chi connectivity index (χ0n) is 13.6. The van der Waals surface area contributed by atoms with Crippen molar-refractivity contribution in [3.8, 4) is 0 Å². The highest BCUT2D eigenvalue weighted by molar-refractivity contribution is 5.85. The van der Waals surface area contributed by atoms with Crippen molar-refractivity contribution in [2.75, 3.05) is 6.61 Å². The number of nitrogens with one attached hydrogen (secondary N) is 1. The minimum absolute atomic E-state index is 0. The van der Waals surface area contributed by atoms with Crippen molar-refractivity contribution in [2.24, 2.45) is 5.73 Å². The molecule has 0 radical (unpaired) electrons. The number of carbonyl (C=O) groups excluding carboxylic acids is 1. The fraction of sp³-hybridized carbons (Fsp3) is 0.316. The first kappa shape index (κ1) is 18.5. The molecule has 128 valence electrons. The monoisotopic (exact) mass is 346 g/mol. The summed E-state index contributed by atoms with van der Waals surface area (Å²) in [6.07, 6.45) is 0.691. The van der Waals surface area contributed by atoms with Gasteiger partial charge in [0, 0.05) is 6.61 Å². The standard InChI is InChI=1S/C19H22N2O2.ClH/c1-13-7-9-14(10-8-13)17(20)19(22)21-16-11-12-23-18(16)15-5-3-2-4-6-15;/h2-10,16-18H,11-12,20H2,1H3,(H,21,22);1H. The highest BCUT2D eigenvalue weighted by Gasteiger charge is 2.32. The van der Waals surface area contributed by atoms with Crippen LogP contribution in [0.25, 0.3) is 0 Å². The van der Waals surface area contributed by atoms with E-state index in [1.165, 1.54) is 0 Å². The summed E-state index contributed by atoms with van der Waals surface area (Å²) in [5.74, 6) is -0.162. The van der Waals surface area contributed by atoms with Gasteiger partial charge < -0.3 is 15.8 Å². The molecule has 1 fully saturated rings. The van der Waals surface area contributed by atoms with Crippen molar-refractivity contribution in [1.82, 2.24) is 5.32 Å². The number of carbonyl (C=O) groups is 1. The summed E-state index contributed by atoms with van der Waals surface area (Å²) in [7, 11) is 0. The van der Waals surface area contributed by atoms with Crippen LogP contribution < -0.4 is 11.1 Å². The zero-order valence-corrected chi connectivity index (χ0v) is 14.5. The summed E-state index contributed by atoms with van der Waals surface area (Å²) in [6.45, 7) is 2.65. The molecule has 0 spiro atoms. The number of amides is 1. The normalized spacial score (nSPS) is 20.9. The van der Waals surface area contributed by atoms with E-state index in [4.69, 9.17) is 10.5 Å². The lowest BCUT2D eigenvalue weighted by Gasteiger charge is -2.22. The summed E-state index contributed by atoms with van der Waals surface area (Å²) in [4.78, 5) is 12.5. The molecule has 0 saturated carbocycles. The van der Waals surface area contributed by atoms with Gasteiger partial charge in [-0.05, 0) is 24.5 Å². The number of aryl methyl sites for hydroxylation is 1. The number of ether oxygens (including phenoxy) is 1. The summed E-state index contributed by atoms with van der Waals surface area (Å²) in [6, 6.07) is 17.0. The van der Waals surface area contributed by atoms with Crippen LogP contribution >= 0.6 is 12.4 Å². The second kappa shape index (κ2) is 8.29. The number of nitrogens with two attached hydrogens (primary N) is 1. The lowest BCUT2D eigenvalue weighted by Crippen LogP contribution is -2.42. The lowest BCUT2D eigenvalue weighted by atomic mass is 10.0. The van der Waals surface area contributed by atoms with Crippen LogP contribution in [-0.2, 0) is 9.53 Å². The quantitative estimate of drug-likeness (QED) is 0.894. The predicted octanol–water partition coefficient (Wildman–Crippen LogP) is 3.06. The van der Waals surface area contributed by atoms with Crippen LogP contribution in [0.3, 0.4) is 0 Å². The molecule has 24 heavy (non-hydrogen) atoms. The van der Waals surface area contributed by atoms with E-state index in [-0.39, 0.29) is 30.5 Å². The summed E-state index contributed by atoms with van der Waals surface area (Å²) in [5, 5.41) is 3.05. The fourth-order valence-electron chi connectivity index (χ4n) is 2.91. The molecule has 0 bridgehead atoms. The molecule has 1 heterocycles. The van der Waals surface area contributed by atoms with Gasteiger partial charge >= 0.3 is 0 Å². The van der Waals surface area contributed by atoms with E-state index in [1.54, 1.807) is 0 Å². The van der Waals surface area contributed by atoms with Crippen LogP contribution in [0.2, 0.25) is 0 Å². The molecule has 0 aliphatic carbocycles. The van der Waals surface area contributed by atoms with Gasteiger partial charge in [-0.2, -0.15) is 0 Å². The molecule has 1 aliphatic rings. The van der Waals surface area contributed by atoms with E-state index in [1.807, 2.05) is 61.5 Å². The topological polar surface area (TPSA) is 64.4 Å². The first-order valence-corrected chi connectivity index (χ1v) is 7.94. The Morgan fingerprint density at radius 2 is 1.83 bits per heavy atom. The van der Waals surface area contributed by atoms with E-state index in [0.29, 0.717) is 6.61 Å². The fourth-order valence-corrected chi connectivity index (χ4v) is 2.91. The molecule has 3 N–H and O–H groups in total. The molecule has 0 aromatic heterocycles. The minimum atomic E-state index is -0.660. The molecule has 4 nitrogen and oxygen atoms in total. The number of benzene rings is 2. The van der Waals surface area contributed by atoms with Gasteiger partial charge in [0.05, 0.1) is 6.04 Å². The van der Waals surface area contributed by atoms with E-state index < -0.39 is 6.04 Å². The molecule has 1 aliphatic heterocycles. The van der Waals surface area contributed by atoms with Gasteiger partial charge in [0.2, 0.25) is 5.91 Å². The van der Waals surface area contributed by atoms with Gasteiger partial charge in [0.25, 0.3) is 0 Å². The van der Waals surface area contributed by atoms with Crippen molar-refractivity contribution >= 4 is 18.3 Å². The van der Waals surface area contributed by atoms with Crippen LogP contribution in [0, 0.1) is 6.92 Å². The Bertz CT molecular complexity index is 661. The van der Waals surface area contributed by atoms with E-state index in [2.05, 4.69) is 5.32 Å². The molecule has 1 saturated heterocycles. The number of halogens is 1. The Morgan fingerprint density at radius 3 is 2.50 bits per heavy atom. The third-order valence-corrected chi connectivity index (χ3v) is 4.27. The third-order valence-electron chi connectivity index (χ3n) is 4.27. The van der Waals surface area contributed by atoms with Crippen molar-refractivity contribution in [1.29, 1.82) is 0 Å². The largest absolute Gasteiger partial charge is 0.371 e. The van der Waals surface area contributed by atoms with Gasteiger partial charge in [0.15, 0.2) is 0 Å². The van der Waals surface area contributed by atoms with Crippen molar-refractivity contribution in [3.63, 3.8) is 0 Å². The number of hydrogen-bond donors (Lipinski definition) is 2. The van der Waals surface area contributed by atoms with E-state index >= 15 is 0 Å². The van der Waals surface area contributed by atoms with Crippen LogP contribution in [0.1, 0.15) is 35.3 Å². The highest BCUT2D eigenvalue weighted by Crippen LogP contribution is 2.29. The zero-order chi connectivity index (χ0) is 16.2. The van der Waals surface area contributed by atoms with Gasteiger partial charge in [0.1, 0.15) is 12.1 Å². The molecular weight excluding hydrogens is 324 g/mol. The Balaban J connectivity index is 0.00000208. The molecule has 2 aromatic carbocycles. The Hall–Kier alpha value is -1.88. The Kier molecular flexibility index (Phi) is 6.37. The first-order valence-electron chi connectivity index (χ1n) is 7.94. The highest BCUT2D eigenvalue weighted by atomic mass is 35.5. The van der Waals surface area contributed by atoms with Crippen molar-refractivity contribution in [2.45, 2.75) is 31.5 Å². The van der Waals surface area contributed by atoms with E-state index in [0.717, 1.165) is 23.1 Å². The van der Waals surface area contributed by atoms with Crippen molar-refractivity contribution in [3.05, 3.63) is 71.3 Å². The van der Waals surface area contributed by atoms with Gasteiger partial charge in [-0.1, -0.05) is 60.2 Å². The minimum Gasteiger partial charge on any atom is -0.371 e. The van der Waals surface area contributed by atoms with Crippen LogP contribution in [0.15, 0.2) is 54.6 Å². The molecular formula is C19H23ClN2O2. The Morgan fingerprint density at radius 1 is 1.17 bits per heavy atom. The maximum absolute atomic E-state index is 12.5. The number of rotatable bonds is 4. The molecule has 3 rings (SSSR count). The van der Waals surface area contributed by atoms with E-state index in [9.17, 15) is 4.79 Å². The smallest absolute Gasteiger partial charge is 0.241 e. The Labute approximate surface area is 148 Å². The third kappa shape index (κ3) is 4.15. The maximum Gasteiger partial charge on any atom is 0.241 e. The van der Waals surface area contributed by atoms with Gasteiger partial charge in [-0.15, -0.1) is 12.4 Å². The van der Waals surface area contributed by atoms with Crippen LogP contribution in [0.4, 0.5) is 0 Å². The van der Waals surface area contributed by atoms with Crippen LogP contribution in [0.5, 0.6) is 0 Å². The molecule has 1 amide bonds. The SMILES string of the molecule is Cc1ccc(C(N)C(=O)NC2CCOC2c2ccccc2)cc1.Cl. The average molecular weight is 347 g/mol. The molecule has 5 heteroatoms. The summed E-state index contributed by atoms with van der Waals surface area (Å²) >= 11 is 0. The molecule has 3 unspecified atom stereocenters. The molecule has 3 atom stereocenters. The van der Waals surface area contributed by atoms with Gasteiger partial charge in [-0.3, -0.25) is 4.79 Å². The summed E-state index contributed by atoms with van der Waals surface area (Å²) < 4.78 is 5.80. The average Bonchev–Trinajstić information content (AvgIpc) is 3.04. The lowest BCUT2D eigenvalue weighted by molar-refractivity contribution is -0.123. The van der Waals surface area contributed by atoms with Crippen molar-refractivity contribution < 1.29 is 9.53 Å².